The minimum Gasteiger partial charge on any atom is -0.497 e. The fourth-order valence-electron chi connectivity index (χ4n) is 2.07. The molecular formula is C16H11ClN2O4S. The Labute approximate surface area is 145 Å². The Bertz CT molecular complexity index is 1020. The first-order chi connectivity index (χ1) is 11.5. The molecular weight excluding hydrogens is 352 g/mol. The number of methoxy groups -OCH3 is 1. The van der Waals surface area contributed by atoms with Crippen LogP contribution in [-0.4, -0.2) is 27.6 Å². The summed E-state index contributed by atoms with van der Waals surface area (Å²) in [5.41, 5.74) is 0.629. The lowest BCUT2D eigenvalue weighted by Crippen LogP contribution is -2.14. The molecule has 0 saturated carbocycles. The quantitative estimate of drug-likeness (QED) is 0.770. The van der Waals surface area contributed by atoms with E-state index in [2.05, 4.69) is 4.98 Å². The number of carbonyl (C=O) groups is 1. The molecule has 0 radical (unpaired) electrons. The molecule has 0 aliphatic rings. The predicted molar refractivity (Wildman–Crippen MR) is 93.2 cm³/mol. The summed E-state index contributed by atoms with van der Waals surface area (Å²) in [4.78, 5) is 27.8. The van der Waals surface area contributed by atoms with E-state index in [9.17, 15) is 9.59 Å². The van der Waals surface area contributed by atoms with Gasteiger partial charge in [-0.1, -0.05) is 41.1 Å². The van der Waals surface area contributed by atoms with E-state index < -0.39 is 11.5 Å². The summed E-state index contributed by atoms with van der Waals surface area (Å²) in [6.45, 7) is 0. The van der Waals surface area contributed by atoms with Gasteiger partial charge < -0.3 is 9.84 Å². The molecule has 3 aromatic rings. The summed E-state index contributed by atoms with van der Waals surface area (Å²) >= 11 is 6.98. The van der Waals surface area contributed by atoms with Crippen molar-refractivity contribution < 1.29 is 14.6 Å². The number of fused-ring (bicyclic) bond motifs is 1. The van der Waals surface area contributed by atoms with Crippen LogP contribution in [0.2, 0.25) is 5.02 Å². The van der Waals surface area contributed by atoms with Gasteiger partial charge in [0.05, 0.1) is 12.8 Å². The van der Waals surface area contributed by atoms with Crippen LogP contribution in [0.25, 0.3) is 17.1 Å². The van der Waals surface area contributed by atoms with Gasteiger partial charge in [0.1, 0.15) is 15.6 Å². The number of aromatic carboxylic acids is 1. The maximum absolute atomic E-state index is 12.2. The first-order valence-electron chi connectivity index (χ1n) is 6.76. The average Bonchev–Trinajstić information content (AvgIpc) is 3.01. The minimum absolute atomic E-state index is 0.0181. The first kappa shape index (κ1) is 16.2. The number of halogens is 1. The standard InChI is InChI=1S/C16H11ClN2O4S/c1-23-10-4-2-3-9(7-10)5-6-11-13(17)14(20)19-8-12(15(21)22)24-16(19)18-11/h2-8H,1H3,(H,21,22). The summed E-state index contributed by atoms with van der Waals surface area (Å²) in [5, 5.41) is 8.96. The highest BCUT2D eigenvalue weighted by molar-refractivity contribution is 7.18. The number of rotatable bonds is 4. The lowest BCUT2D eigenvalue weighted by molar-refractivity contribution is 0.0701. The summed E-state index contributed by atoms with van der Waals surface area (Å²) in [5.74, 6) is -0.412. The highest BCUT2D eigenvalue weighted by atomic mass is 35.5. The monoisotopic (exact) mass is 362 g/mol. The van der Waals surface area contributed by atoms with E-state index in [1.165, 1.54) is 6.20 Å². The number of aromatic nitrogens is 2. The summed E-state index contributed by atoms with van der Waals surface area (Å²) in [7, 11) is 1.58. The second-order valence-electron chi connectivity index (χ2n) is 4.78. The van der Waals surface area contributed by atoms with E-state index in [1.807, 2.05) is 24.3 Å². The number of nitrogens with zero attached hydrogens (tertiary/aromatic N) is 2. The minimum atomic E-state index is -1.12. The highest BCUT2D eigenvalue weighted by Gasteiger charge is 2.14. The molecule has 122 valence electrons. The van der Waals surface area contributed by atoms with Crippen molar-refractivity contribution in [1.82, 2.24) is 9.38 Å². The number of carboxylic acid groups (broad SMARTS) is 1. The molecule has 0 spiro atoms. The van der Waals surface area contributed by atoms with E-state index in [-0.39, 0.29) is 20.6 Å². The van der Waals surface area contributed by atoms with Crippen LogP contribution in [0, 0.1) is 0 Å². The van der Waals surface area contributed by atoms with E-state index in [4.69, 9.17) is 21.4 Å². The topological polar surface area (TPSA) is 80.9 Å². The van der Waals surface area contributed by atoms with Crippen molar-refractivity contribution in [2.45, 2.75) is 0 Å². The van der Waals surface area contributed by atoms with Crippen LogP contribution >= 0.6 is 22.9 Å². The molecule has 0 saturated heterocycles. The molecule has 8 heteroatoms. The third-order valence-corrected chi connectivity index (χ3v) is 4.57. The molecule has 1 aromatic carbocycles. The van der Waals surface area contributed by atoms with Gasteiger partial charge >= 0.3 is 5.97 Å². The Balaban J connectivity index is 2.05. The van der Waals surface area contributed by atoms with Crippen LogP contribution in [0.3, 0.4) is 0 Å². The van der Waals surface area contributed by atoms with Crippen molar-refractivity contribution in [2.75, 3.05) is 7.11 Å². The largest absolute Gasteiger partial charge is 0.497 e. The van der Waals surface area contributed by atoms with Gasteiger partial charge in [-0.3, -0.25) is 9.20 Å². The fraction of sp³-hybridized carbons (Fsp3) is 0.0625. The summed E-state index contributed by atoms with van der Waals surface area (Å²) in [6, 6.07) is 7.35. The molecule has 3 rings (SSSR count). The van der Waals surface area contributed by atoms with Crippen molar-refractivity contribution in [3.63, 3.8) is 0 Å². The van der Waals surface area contributed by atoms with Crippen molar-refractivity contribution in [3.8, 4) is 5.75 Å². The molecule has 0 amide bonds. The van der Waals surface area contributed by atoms with E-state index >= 15 is 0 Å². The second-order valence-corrected chi connectivity index (χ2v) is 6.17. The van der Waals surface area contributed by atoms with Crippen LogP contribution in [0.1, 0.15) is 20.9 Å². The van der Waals surface area contributed by atoms with Gasteiger partial charge in [-0.05, 0) is 23.8 Å². The zero-order chi connectivity index (χ0) is 17.3. The maximum Gasteiger partial charge on any atom is 0.347 e. The lowest BCUT2D eigenvalue weighted by atomic mass is 10.2. The molecule has 6 nitrogen and oxygen atoms in total. The molecule has 0 atom stereocenters. The smallest absolute Gasteiger partial charge is 0.347 e. The number of hydrogen-bond donors (Lipinski definition) is 1. The third-order valence-electron chi connectivity index (χ3n) is 3.24. The van der Waals surface area contributed by atoms with Gasteiger partial charge in [0.15, 0.2) is 4.96 Å². The molecule has 0 aliphatic heterocycles. The number of carboxylic acids is 1. The number of benzene rings is 1. The van der Waals surface area contributed by atoms with Crippen molar-refractivity contribution in [1.29, 1.82) is 0 Å². The van der Waals surface area contributed by atoms with E-state index in [0.717, 1.165) is 21.3 Å². The summed E-state index contributed by atoms with van der Waals surface area (Å²) in [6.07, 6.45) is 4.58. The van der Waals surface area contributed by atoms with Gasteiger partial charge in [-0.2, -0.15) is 0 Å². The van der Waals surface area contributed by atoms with E-state index in [1.54, 1.807) is 19.3 Å². The van der Waals surface area contributed by atoms with Crippen molar-refractivity contribution >= 4 is 46.0 Å². The molecule has 2 heterocycles. The Morgan fingerprint density at radius 3 is 2.92 bits per heavy atom. The average molecular weight is 363 g/mol. The number of hydrogen-bond acceptors (Lipinski definition) is 5. The Morgan fingerprint density at radius 2 is 2.21 bits per heavy atom. The van der Waals surface area contributed by atoms with Gasteiger partial charge in [0.25, 0.3) is 5.56 Å². The van der Waals surface area contributed by atoms with Crippen LogP contribution in [0.4, 0.5) is 0 Å². The fourth-order valence-corrected chi connectivity index (χ4v) is 3.08. The Morgan fingerprint density at radius 1 is 1.42 bits per heavy atom. The molecule has 1 N–H and O–H groups in total. The van der Waals surface area contributed by atoms with Crippen molar-refractivity contribution in [2.24, 2.45) is 0 Å². The van der Waals surface area contributed by atoms with E-state index in [0.29, 0.717) is 5.75 Å². The number of thiazole rings is 1. The first-order valence-corrected chi connectivity index (χ1v) is 7.96. The molecule has 0 aliphatic carbocycles. The van der Waals surface area contributed by atoms with Gasteiger partial charge in [-0.25, -0.2) is 9.78 Å². The predicted octanol–water partition coefficient (Wildman–Crippen LogP) is 3.29. The molecule has 2 aromatic heterocycles. The Hall–Kier alpha value is -2.64. The number of ether oxygens (including phenoxy) is 1. The molecule has 0 bridgehead atoms. The molecule has 0 unspecified atom stereocenters. The normalized spacial score (nSPS) is 11.2. The SMILES string of the molecule is COc1cccc(C=Cc2nc3sc(C(=O)O)cn3c(=O)c2Cl)c1. The van der Waals surface area contributed by atoms with Gasteiger partial charge in [0.2, 0.25) is 0 Å². The second kappa shape index (κ2) is 6.46. The zero-order valence-electron chi connectivity index (χ0n) is 12.4. The van der Waals surface area contributed by atoms with Crippen LogP contribution < -0.4 is 10.3 Å². The maximum atomic E-state index is 12.2. The third kappa shape index (κ3) is 3.04. The highest BCUT2D eigenvalue weighted by Crippen LogP contribution is 2.20. The van der Waals surface area contributed by atoms with Crippen LogP contribution in [-0.2, 0) is 0 Å². The van der Waals surface area contributed by atoms with Crippen LogP contribution in [0.15, 0.2) is 35.3 Å². The van der Waals surface area contributed by atoms with Crippen LogP contribution in [0.5, 0.6) is 5.75 Å². The Kier molecular flexibility index (Phi) is 4.37. The van der Waals surface area contributed by atoms with Gasteiger partial charge in [0, 0.05) is 6.20 Å². The lowest BCUT2D eigenvalue weighted by Gasteiger charge is -2.01. The summed E-state index contributed by atoms with van der Waals surface area (Å²) < 4.78 is 6.29. The molecule has 0 fully saturated rings. The van der Waals surface area contributed by atoms with Crippen molar-refractivity contribution in [3.05, 3.63) is 62.0 Å². The zero-order valence-corrected chi connectivity index (χ0v) is 14.0. The molecule has 24 heavy (non-hydrogen) atoms. The van der Waals surface area contributed by atoms with Gasteiger partial charge in [-0.15, -0.1) is 0 Å².